The van der Waals surface area contributed by atoms with Crippen LogP contribution < -0.4 is 16.4 Å². The molecule has 3 amide bonds. The Labute approximate surface area is 123 Å². The number of carbonyl (C=O) groups excluding carboxylic acids is 2. The van der Waals surface area contributed by atoms with E-state index in [0.717, 1.165) is 24.4 Å². The molecule has 1 aromatic rings. The van der Waals surface area contributed by atoms with Gasteiger partial charge in [-0.2, -0.15) is 0 Å². The molecule has 0 saturated heterocycles. The minimum atomic E-state index is -0.819. The van der Waals surface area contributed by atoms with Gasteiger partial charge in [0.15, 0.2) is 0 Å². The van der Waals surface area contributed by atoms with E-state index in [2.05, 4.69) is 17.6 Å². The lowest BCUT2D eigenvalue weighted by Gasteiger charge is -2.11. The maximum atomic E-state index is 11.6. The van der Waals surface area contributed by atoms with E-state index in [0.29, 0.717) is 0 Å². The van der Waals surface area contributed by atoms with Crippen LogP contribution >= 0.6 is 11.8 Å². The molecule has 110 valence electrons. The molecule has 0 aliphatic heterocycles. The summed E-state index contributed by atoms with van der Waals surface area (Å²) < 4.78 is 0. The predicted molar refractivity (Wildman–Crippen MR) is 81.5 cm³/mol. The van der Waals surface area contributed by atoms with E-state index in [-0.39, 0.29) is 11.2 Å². The Hall–Kier alpha value is -1.53. The van der Waals surface area contributed by atoms with Gasteiger partial charge in [-0.05, 0) is 37.6 Å². The first kappa shape index (κ1) is 16.5. The molecule has 1 unspecified atom stereocenters. The standard InChI is InChI=1S/C14H21N3O2S/c1-3-7-16-9-11-5-4-6-12(8-11)20-10(2)13(18)17-14(15)19/h4-6,8,10,16H,3,7,9H2,1-2H3,(H3,15,17,18,19). The molecule has 0 aliphatic carbocycles. The van der Waals surface area contributed by atoms with Crippen molar-refractivity contribution in [3.05, 3.63) is 29.8 Å². The average Bonchev–Trinajstić information content (AvgIpc) is 2.38. The first-order valence-corrected chi connectivity index (χ1v) is 7.47. The highest BCUT2D eigenvalue weighted by Crippen LogP contribution is 2.24. The number of urea groups is 1. The summed E-state index contributed by atoms with van der Waals surface area (Å²) >= 11 is 1.40. The van der Waals surface area contributed by atoms with Crippen molar-refractivity contribution in [2.75, 3.05) is 6.54 Å². The van der Waals surface area contributed by atoms with Gasteiger partial charge in [0.25, 0.3) is 0 Å². The van der Waals surface area contributed by atoms with Crippen LogP contribution in [0.15, 0.2) is 29.2 Å². The quantitative estimate of drug-likeness (QED) is 0.529. The van der Waals surface area contributed by atoms with E-state index >= 15 is 0 Å². The van der Waals surface area contributed by atoms with Crippen LogP contribution in [0.25, 0.3) is 0 Å². The van der Waals surface area contributed by atoms with Gasteiger partial charge in [0.1, 0.15) is 0 Å². The Bertz CT molecular complexity index is 465. The molecule has 5 nitrogen and oxygen atoms in total. The highest BCUT2D eigenvalue weighted by atomic mass is 32.2. The molecule has 0 spiro atoms. The fourth-order valence-electron chi connectivity index (χ4n) is 1.62. The molecule has 0 aromatic heterocycles. The molecule has 0 radical (unpaired) electrons. The zero-order chi connectivity index (χ0) is 15.0. The summed E-state index contributed by atoms with van der Waals surface area (Å²) in [6, 6.07) is 7.17. The second-order valence-corrected chi connectivity index (χ2v) is 5.85. The third-order valence-electron chi connectivity index (χ3n) is 2.58. The molecule has 1 aromatic carbocycles. The number of rotatable bonds is 7. The Kier molecular flexibility index (Phi) is 7.11. The highest BCUT2D eigenvalue weighted by Gasteiger charge is 2.15. The molecule has 0 saturated carbocycles. The van der Waals surface area contributed by atoms with Crippen LogP contribution in [0.5, 0.6) is 0 Å². The molecule has 6 heteroatoms. The average molecular weight is 295 g/mol. The van der Waals surface area contributed by atoms with E-state index < -0.39 is 6.03 Å². The third-order valence-corrected chi connectivity index (χ3v) is 3.68. The monoisotopic (exact) mass is 295 g/mol. The molecule has 20 heavy (non-hydrogen) atoms. The number of carbonyl (C=O) groups is 2. The maximum Gasteiger partial charge on any atom is 0.318 e. The fraction of sp³-hybridized carbons (Fsp3) is 0.429. The summed E-state index contributed by atoms with van der Waals surface area (Å²) in [4.78, 5) is 23.2. The van der Waals surface area contributed by atoms with Crippen LogP contribution in [0.1, 0.15) is 25.8 Å². The Balaban J connectivity index is 2.56. The van der Waals surface area contributed by atoms with Gasteiger partial charge in [0, 0.05) is 11.4 Å². The van der Waals surface area contributed by atoms with E-state index in [9.17, 15) is 9.59 Å². The van der Waals surface area contributed by atoms with Crippen molar-refractivity contribution in [1.82, 2.24) is 10.6 Å². The summed E-state index contributed by atoms with van der Waals surface area (Å²) in [5.41, 5.74) is 6.10. The number of hydrogen-bond donors (Lipinski definition) is 3. The van der Waals surface area contributed by atoms with Gasteiger partial charge in [-0.3, -0.25) is 10.1 Å². The molecule has 0 heterocycles. The molecule has 1 rings (SSSR count). The summed E-state index contributed by atoms with van der Waals surface area (Å²) in [5, 5.41) is 5.04. The van der Waals surface area contributed by atoms with Gasteiger partial charge in [-0.15, -0.1) is 11.8 Å². The van der Waals surface area contributed by atoms with Crippen molar-refractivity contribution in [3.8, 4) is 0 Å². The summed E-state index contributed by atoms with van der Waals surface area (Å²) in [6.07, 6.45) is 1.10. The van der Waals surface area contributed by atoms with E-state index in [1.807, 2.05) is 24.3 Å². The van der Waals surface area contributed by atoms with E-state index in [4.69, 9.17) is 5.73 Å². The minimum Gasteiger partial charge on any atom is -0.351 e. The molecule has 4 N–H and O–H groups in total. The Morgan fingerprint density at radius 3 is 2.80 bits per heavy atom. The lowest BCUT2D eigenvalue weighted by atomic mass is 10.2. The van der Waals surface area contributed by atoms with Crippen LogP contribution in [0.3, 0.4) is 0 Å². The summed E-state index contributed by atoms with van der Waals surface area (Å²) in [7, 11) is 0. The number of primary amides is 1. The summed E-state index contributed by atoms with van der Waals surface area (Å²) in [5.74, 6) is -0.378. The molecular formula is C14H21N3O2S. The Morgan fingerprint density at radius 1 is 1.40 bits per heavy atom. The van der Waals surface area contributed by atoms with Gasteiger partial charge >= 0.3 is 6.03 Å². The second kappa shape index (κ2) is 8.60. The van der Waals surface area contributed by atoms with E-state index in [1.54, 1.807) is 6.92 Å². The minimum absolute atomic E-state index is 0.374. The lowest BCUT2D eigenvalue weighted by molar-refractivity contribution is -0.119. The highest BCUT2D eigenvalue weighted by molar-refractivity contribution is 8.00. The van der Waals surface area contributed by atoms with Crippen LogP contribution in [-0.2, 0) is 11.3 Å². The zero-order valence-electron chi connectivity index (χ0n) is 11.8. The van der Waals surface area contributed by atoms with Crippen molar-refractivity contribution in [2.24, 2.45) is 5.73 Å². The number of thioether (sulfide) groups is 1. The van der Waals surface area contributed by atoms with Gasteiger partial charge in [0.05, 0.1) is 5.25 Å². The first-order valence-electron chi connectivity index (χ1n) is 6.59. The predicted octanol–water partition coefficient (Wildman–Crippen LogP) is 1.86. The van der Waals surface area contributed by atoms with Crippen molar-refractivity contribution >= 4 is 23.7 Å². The number of imide groups is 1. The number of amides is 3. The normalized spacial score (nSPS) is 11.9. The van der Waals surface area contributed by atoms with Crippen molar-refractivity contribution in [2.45, 2.75) is 37.0 Å². The molecule has 0 fully saturated rings. The lowest BCUT2D eigenvalue weighted by Crippen LogP contribution is -2.39. The van der Waals surface area contributed by atoms with Crippen molar-refractivity contribution in [3.63, 3.8) is 0 Å². The number of nitrogens with one attached hydrogen (secondary N) is 2. The van der Waals surface area contributed by atoms with Gasteiger partial charge in [-0.25, -0.2) is 4.79 Å². The van der Waals surface area contributed by atoms with E-state index in [1.165, 1.54) is 17.3 Å². The second-order valence-electron chi connectivity index (χ2n) is 4.44. The summed E-state index contributed by atoms with van der Waals surface area (Å²) in [6.45, 7) is 5.65. The molecule has 0 bridgehead atoms. The van der Waals surface area contributed by atoms with Crippen molar-refractivity contribution < 1.29 is 9.59 Å². The first-order chi connectivity index (χ1) is 9.52. The number of benzene rings is 1. The van der Waals surface area contributed by atoms with Crippen LogP contribution in [0.4, 0.5) is 4.79 Å². The van der Waals surface area contributed by atoms with Gasteiger partial charge in [0.2, 0.25) is 5.91 Å². The molecular weight excluding hydrogens is 274 g/mol. The molecule has 1 atom stereocenters. The Morgan fingerprint density at radius 2 is 2.15 bits per heavy atom. The largest absolute Gasteiger partial charge is 0.351 e. The SMILES string of the molecule is CCCNCc1cccc(SC(C)C(=O)NC(N)=O)c1. The number of nitrogens with two attached hydrogens (primary N) is 1. The van der Waals surface area contributed by atoms with Crippen molar-refractivity contribution in [1.29, 1.82) is 0 Å². The van der Waals surface area contributed by atoms with Crippen LogP contribution in [-0.4, -0.2) is 23.7 Å². The molecule has 0 aliphatic rings. The maximum absolute atomic E-state index is 11.6. The zero-order valence-corrected chi connectivity index (χ0v) is 12.6. The number of hydrogen-bond acceptors (Lipinski definition) is 4. The fourth-order valence-corrected chi connectivity index (χ4v) is 2.57. The third kappa shape index (κ3) is 6.08. The van der Waals surface area contributed by atoms with Gasteiger partial charge < -0.3 is 11.1 Å². The topological polar surface area (TPSA) is 84.2 Å². The van der Waals surface area contributed by atoms with Crippen LogP contribution in [0, 0.1) is 0 Å². The smallest absolute Gasteiger partial charge is 0.318 e. The van der Waals surface area contributed by atoms with Crippen LogP contribution in [0.2, 0.25) is 0 Å². The van der Waals surface area contributed by atoms with Gasteiger partial charge in [-0.1, -0.05) is 19.1 Å².